The molecule has 4 atom stereocenters. The topological polar surface area (TPSA) is 46.6 Å². The minimum atomic E-state index is -0.439. The third-order valence-electron chi connectivity index (χ3n) is 4.24. The molecule has 0 bridgehead atoms. The van der Waals surface area contributed by atoms with E-state index in [-0.39, 0.29) is 12.0 Å². The molecule has 1 saturated heterocycles. The van der Waals surface area contributed by atoms with Crippen LogP contribution in [0.15, 0.2) is 0 Å². The number of aldehydes is 1. The number of nitrogens with zero attached hydrogens (tertiary/aromatic N) is 1. The summed E-state index contributed by atoms with van der Waals surface area (Å²) in [6.45, 7) is 9.26. The van der Waals surface area contributed by atoms with E-state index in [9.17, 15) is 9.59 Å². The molecule has 0 aromatic rings. The molecule has 1 aliphatic heterocycles. The zero-order valence-corrected chi connectivity index (χ0v) is 11.7. The molecule has 0 radical (unpaired) electrons. The summed E-state index contributed by atoms with van der Waals surface area (Å²) >= 11 is 0. The van der Waals surface area contributed by atoms with Crippen molar-refractivity contribution < 1.29 is 14.3 Å². The molecule has 1 amide bonds. The number of carbonyl (C=O) groups excluding carboxylic acids is 2. The maximum absolute atomic E-state index is 12.0. The molecule has 2 rings (SSSR count). The summed E-state index contributed by atoms with van der Waals surface area (Å²) in [5.74, 6) is 1.51. The normalized spacial score (nSPS) is 35.4. The van der Waals surface area contributed by atoms with Crippen molar-refractivity contribution >= 4 is 12.4 Å². The number of hydrogen-bond donors (Lipinski definition) is 0. The molecule has 1 heterocycles. The minimum Gasteiger partial charge on any atom is -0.444 e. The van der Waals surface area contributed by atoms with Crippen molar-refractivity contribution in [2.45, 2.75) is 39.7 Å². The Morgan fingerprint density at radius 2 is 2.00 bits per heavy atom. The van der Waals surface area contributed by atoms with Gasteiger partial charge >= 0.3 is 6.09 Å². The standard InChI is InChI=1S/C14H23NO3/c1-9-11(8-16)5-10-6-15(7-12(9)10)13(17)18-14(2,3)4/h8-12H,5-7H2,1-4H3/t9-,10+,11+,12+/m0/s1. The van der Waals surface area contributed by atoms with Gasteiger partial charge in [-0.1, -0.05) is 6.92 Å². The molecule has 1 saturated carbocycles. The maximum atomic E-state index is 12.0. The Morgan fingerprint density at radius 3 is 2.50 bits per heavy atom. The zero-order valence-electron chi connectivity index (χ0n) is 11.7. The third kappa shape index (κ3) is 2.52. The van der Waals surface area contributed by atoms with Crippen LogP contribution < -0.4 is 0 Å². The van der Waals surface area contributed by atoms with E-state index >= 15 is 0 Å². The molecule has 0 aromatic heterocycles. The lowest BCUT2D eigenvalue weighted by Gasteiger charge is -2.25. The van der Waals surface area contributed by atoms with Crippen LogP contribution in [0.5, 0.6) is 0 Å². The Hall–Kier alpha value is -1.06. The Kier molecular flexibility index (Phi) is 3.39. The van der Waals surface area contributed by atoms with E-state index in [4.69, 9.17) is 4.74 Å². The van der Waals surface area contributed by atoms with E-state index in [1.54, 1.807) is 4.90 Å². The molecular formula is C14H23NO3. The van der Waals surface area contributed by atoms with Gasteiger partial charge in [-0.25, -0.2) is 4.79 Å². The largest absolute Gasteiger partial charge is 0.444 e. The van der Waals surface area contributed by atoms with Crippen LogP contribution in [-0.4, -0.2) is 36.0 Å². The van der Waals surface area contributed by atoms with Crippen LogP contribution >= 0.6 is 0 Å². The van der Waals surface area contributed by atoms with Crippen molar-refractivity contribution in [2.24, 2.45) is 23.7 Å². The Balaban J connectivity index is 1.95. The first-order chi connectivity index (χ1) is 8.31. The molecule has 0 spiro atoms. The van der Waals surface area contributed by atoms with Gasteiger partial charge in [0.05, 0.1) is 0 Å². The van der Waals surface area contributed by atoms with Crippen molar-refractivity contribution in [3.05, 3.63) is 0 Å². The Labute approximate surface area is 109 Å². The fraction of sp³-hybridized carbons (Fsp3) is 0.857. The Bertz CT molecular complexity index is 347. The van der Waals surface area contributed by atoms with E-state index in [2.05, 4.69) is 6.92 Å². The average Bonchev–Trinajstić information content (AvgIpc) is 2.76. The highest BCUT2D eigenvalue weighted by Gasteiger charge is 2.47. The van der Waals surface area contributed by atoms with E-state index in [0.717, 1.165) is 25.8 Å². The summed E-state index contributed by atoms with van der Waals surface area (Å²) in [6, 6.07) is 0. The molecule has 0 N–H and O–H groups in total. The first-order valence-electron chi connectivity index (χ1n) is 6.75. The van der Waals surface area contributed by atoms with Gasteiger partial charge in [0.1, 0.15) is 11.9 Å². The zero-order chi connectivity index (χ0) is 13.5. The predicted octanol–water partition coefficient (Wildman–Crippen LogP) is 2.32. The quantitative estimate of drug-likeness (QED) is 0.674. The van der Waals surface area contributed by atoms with Gasteiger partial charge < -0.3 is 14.4 Å². The fourth-order valence-corrected chi connectivity index (χ4v) is 3.28. The predicted molar refractivity (Wildman–Crippen MR) is 68.1 cm³/mol. The van der Waals surface area contributed by atoms with Crippen molar-refractivity contribution in [2.75, 3.05) is 13.1 Å². The SMILES string of the molecule is C[C@@H]1[C@H]2CN(C(=O)OC(C)(C)C)C[C@H]2C[C@@H]1C=O. The summed E-state index contributed by atoms with van der Waals surface area (Å²) in [5.41, 5.74) is -0.439. The van der Waals surface area contributed by atoms with Gasteiger partial charge in [-0.2, -0.15) is 0 Å². The molecule has 2 aliphatic rings. The van der Waals surface area contributed by atoms with Crippen molar-refractivity contribution in [3.63, 3.8) is 0 Å². The maximum Gasteiger partial charge on any atom is 0.410 e. The second kappa shape index (κ2) is 4.56. The van der Waals surface area contributed by atoms with Gasteiger partial charge in [0.25, 0.3) is 0 Å². The summed E-state index contributed by atoms with van der Waals surface area (Å²) in [7, 11) is 0. The van der Waals surface area contributed by atoms with E-state index in [1.807, 2.05) is 20.8 Å². The van der Waals surface area contributed by atoms with Crippen LogP contribution in [0.4, 0.5) is 4.79 Å². The van der Waals surface area contributed by atoms with Crippen LogP contribution in [0.3, 0.4) is 0 Å². The minimum absolute atomic E-state index is 0.181. The van der Waals surface area contributed by atoms with Crippen LogP contribution in [0.25, 0.3) is 0 Å². The lowest BCUT2D eigenvalue weighted by atomic mass is 9.91. The summed E-state index contributed by atoms with van der Waals surface area (Å²) < 4.78 is 5.39. The number of carbonyl (C=O) groups is 2. The monoisotopic (exact) mass is 253 g/mol. The molecule has 0 unspecified atom stereocenters. The fourth-order valence-electron chi connectivity index (χ4n) is 3.28. The van der Waals surface area contributed by atoms with E-state index in [0.29, 0.717) is 17.8 Å². The number of hydrogen-bond acceptors (Lipinski definition) is 3. The van der Waals surface area contributed by atoms with Crippen LogP contribution in [0, 0.1) is 23.7 Å². The lowest BCUT2D eigenvalue weighted by molar-refractivity contribution is -0.112. The average molecular weight is 253 g/mol. The number of rotatable bonds is 1. The van der Waals surface area contributed by atoms with Crippen LogP contribution in [0.2, 0.25) is 0 Å². The van der Waals surface area contributed by atoms with Gasteiger partial charge in [-0.15, -0.1) is 0 Å². The van der Waals surface area contributed by atoms with Crippen molar-refractivity contribution in [3.8, 4) is 0 Å². The molecule has 18 heavy (non-hydrogen) atoms. The first-order valence-corrected chi connectivity index (χ1v) is 6.75. The summed E-state index contributed by atoms with van der Waals surface area (Å²) in [4.78, 5) is 24.7. The van der Waals surface area contributed by atoms with E-state index in [1.165, 1.54) is 0 Å². The van der Waals surface area contributed by atoms with Gasteiger partial charge in [0.2, 0.25) is 0 Å². The second-order valence-electron chi connectivity index (χ2n) is 6.70. The second-order valence-corrected chi connectivity index (χ2v) is 6.70. The summed E-state index contributed by atoms with van der Waals surface area (Å²) in [5, 5.41) is 0. The summed E-state index contributed by atoms with van der Waals surface area (Å²) in [6.07, 6.45) is 1.79. The molecule has 4 nitrogen and oxygen atoms in total. The molecule has 0 aromatic carbocycles. The number of likely N-dealkylation sites (tertiary alicyclic amines) is 1. The van der Waals surface area contributed by atoms with Crippen LogP contribution in [-0.2, 0) is 9.53 Å². The molecule has 102 valence electrons. The highest BCUT2D eigenvalue weighted by atomic mass is 16.6. The molecule has 2 fully saturated rings. The number of fused-ring (bicyclic) bond motifs is 1. The molecule has 4 heteroatoms. The molecule has 1 aliphatic carbocycles. The van der Waals surface area contributed by atoms with E-state index < -0.39 is 5.60 Å². The number of ether oxygens (including phenoxy) is 1. The number of amides is 1. The van der Waals surface area contributed by atoms with Crippen LogP contribution in [0.1, 0.15) is 34.1 Å². The highest BCUT2D eigenvalue weighted by Crippen LogP contribution is 2.45. The van der Waals surface area contributed by atoms with Gasteiger partial charge in [-0.05, 0) is 44.9 Å². The van der Waals surface area contributed by atoms with Gasteiger partial charge in [0.15, 0.2) is 0 Å². The van der Waals surface area contributed by atoms with Gasteiger partial charge in [0, 0.05) is 19.0 Å². The highest BCUT2D eigenvalue weighted by molar-refractivity contribution is 5.68. The van der Waals surface area contributed by atoms with Gasteiger partial charge in [-0.3, -0.25) is 0 Å². The first kappa shape index (κ1) is 13.4. The Morgan fingerprint density at radius 1 is 1.33 bits per heavy atom. The van der Waals surface area contributed by atoms with Crippen molar-refractivity contribution in [1.29, 1.82) is 0 Å². The third-order valence-corrected chi connectivity index (χ3v) is 4.24. The lowest BCUT2D eigenvalue weighted by Crippen LogP contribution is -2.36. The van der Waals surface area contributed by atoms with Crippen molar-refractivity contribution in [1.82, 2.24) is 4.90 Å². The molecular weight excluding hydrogens is 230 g/mol. The smallest absolute Gasteiger partial charge is 0.410 e.